The second-order valence-electron chi connectivity index (χ2n) is 11.3. The van der Waals surface area contributed by atoms with Crippen molar-refractivity contribution in [1.29, 1.82) is 0 Å². The summed E-state index contributed by atoms with van der Waals surface area (Å²) in [6, 6.07) is 1.06. The minimum Gasteiger partial charge on any atom is -0.414 e. The quantitative estimate of drug-likeness (QED) is 0.413. The van der Waals surface area contributed by atoms with E-state index in [-0.39, 0.29) is 5.41 Å². The second kappa shape index (κ2) is 6.83. The van der Waals surface area contributed by atoms with Crippen LogP contribution in [0.1, 0.15) is 71.6 Å². The minimum atomic E-state index is -1.60. The van der Waals surface area contributed by atoms with Gasteiger partial charge < -0.3 is 4.43 Å². The number of allylic oxidation sites excluding steroid dienone is 1. The minimum absolute atomic E-state index is 0.0188. The van der Waals surface area contributed by atoms with Crippen LogP contribution in [0.15, 0.2) is 12.7 Å². The van der Waals surface area contributed by atoms with Crippen LogP contribution in [-0.4, -0.2) is 20.2 Å². The lowest BCUT2D eigenvalue weighted by molar-refractivity contribution is -0.141. The van der Waals surface area contributed by atoms with E-state index in [1.165, 1.54) is 44.9 Å². The molecule has 0 aromatic heterocycles. The van der Waals surface area contributed by atoms with E-state index in [1.807, 2.05) is 6.08 Å². The van der Waals surface area contributed by atoms with Crippen molar-refractivity contribution in [3.63, 3.8) is 0 Å². The molecule has 3 heteroatoms. The molecule has 27 heavy (non-hydrogen) atoms. The first-order valence-corrected chi connectivity index (χ1v) is 14.6. The van der Waals surface area contributed by atoms with Crippen molar-refractivity contribution >= 4 is 14.1 Å². The Hall–Kier alpha value is -0.413. The molecule has 0 aromatic carbocycles. The number of ketones is 1. The maximum Gasteiger partial charge on any atom is 0.190 e. The maximum atomic E-state index is 12.6. The van der Waals surface area contributed by atoms with Crippen LogP contribution in [-0.2, 0) is 9.22 Å². The molecule has 0 unspecified atom stereocenters. The van der Waals surface area contributed by atoms with Crippen molar-refractivity contribution in [2.24, 2.45) is 34.5 Å². The van der Waals surface area contributed by atoms with Gasteiger partial charge in [-0.1, -0.05) is 19.9 Å². The molecule has 4 saturated carbocycles. The van der Waals surface area contributed by atoms with Crippen molar-refractivity contribution in [3.8, 4) is 0 Å². The van der Waals surface area contributed by atoms with Gasteiger partial charge >= 0.3 is 0 Å². The predicted octanol–water partition coefficient (Wildman–Crippen LogP) is 6.37. The van der Waals surface area contributed by atoms with Gasteiger partial charge in [0.1, 0.15) is 5.78 Å². The molecule has 0 radical (unpaired) electrons. The second-order valence-corrected chi connectivity index (χ2v) is 15.5. The van der Waals surface area contributed by atoms with Gasteiger partial charge in [0, 0.05) is 17.9 Å². The van der Waals surface area contributed by atoms with Gasteiger partial charge in [-0.3, -0.25) is 4.79 Å². The topological polar surface area (TPSA) is 26.3 Å². The molecule has 7 atom stereocenters. The zero-order valence-corrected chi connectivity index (χ0v) is 19.1. The molecule has 0 amide bonds. The third-order valence-corrected chi connectivity index (χ3v) is 11.7. The van der Waals surface area contributed by atoms with E-state index in [4.69, 9.17) is 4.43 Å². The smallest absolute Gasteiger partial charge is 0.190 e. The van der Waals surface area contributed by atoms with Crippen LogP contribution in [0.2, 0.25) is 19.1 Å². The molecule has 4 rings (SSSR count). The first-order valence-electron chi connectivity index (χ1n) is 11.5. The van der Waals surface area contributed by atoms with E-state index >= 15 is 0 Å². The summed E-state index contributed by atoms with van der Waals surface area (Å²) in [6.45, 7) is 13.5. The highest BCUT2D eigenvalue weighted by atomic mass is 28.4. The maximum absolute atomic E-state index is 12.6. The molecule has 0 saturated heterocycles. The summed E-state index contributed by atoms with van der Waals surface area (Å²) in [6.07, 6.45) is 13.6. The molecule has 0 bridgehead atoms. The zero-order chi connectivity index (χ0) is 19.4. The van der Waals surface area contributed by atoms with Gasteiger partial charge in [0.15, 0.2) is 8.32 Å². The molecule has 0 aromatic rings. The summed E-state index contributed by atoms with van der Waals surface area (Å²) in [4.78, 5) is 12.6. The Balaban J connectivity index is 1.48. The summed E-state index contributed by atoms with van der Waals surface area (Å²) >= 11 is 0. The first kappa shape index (κ1) is 19.9. The van der Waals surface area contributed by atoms with E-state index in [0.29, 0.717) is 23.2 Å². The van der Waals surface area contributed by atoms with E-state index in [2.05, 4.69) is 33.5 Å². The first-order chi connectivity index (χ1) is 12.7. The van der Waals surface area contributed by atoms with Crippen LogP contribution in [0, 0.1) is 34.5 Å². The Bertz CT molecular complexity index is 614. The molecule has 4 fully saturated rings. The van der Waals surface area contributed by atoms with E-state index in [0.717, 1.165) is 36.6 Å². The number of carbonyl (C=O) groups excluding carboxylic acids is 1. The van der Waals surface area contributed by atoms with Gasteiger partial charge in [-0.25, -0.2) is 0 Å². The van der Waals surface area contributed by atoms with Crippen molar-refractivity contribution in [1.82, 2.24) is 0 Å². The fraction of sp³-hybridized carbons (Fsp3) is 0.875. The molecule has 4 aliphatic rings. The van der Waals surface area contributed by atoms with Gasteiger partial charge in [-0.05, 0) is 99.6 Å². The summed E-state index contributed by atoms with van der Waals surface area (Å²) < 4.78 is 6.67. The van der Waals surface area contributed by atoms with E-state index in [9.17, 15) is 4.79 Å². The van der Waals surface area contributed by atoms with Crippen molar-refractivity contribution in [3.05, 3.63) is 12.7 Å². The summed E-state index contributed by atoms with van der Waals surface area (Å²) in [5, 5.41) is 0. The number of rotatable bonds is 4. The lowest BCUT2D eigenvalue weighted by Gasteiger charge is -2.60. The van der Waals surface area contributed by atoms with Crippen molar-refractivity contribution < 1.29 is 9.22 Å². The summed E-state index contributed by atoms with van der Waals surface area (Å²) in [5.41, 5.74) is 0.505. The lowest BCUT2D eigenvalue weighted by atomic mass is 9.45. The van der Waals surface area contributed by atoms with Crippen LogP contribution >= 0.6 is 0 Å². The number of fused-ring (bicyclic) bond motifs is 5. The summed E-state index contributed by atoms with van der Waals surface area (Å²) in [5.74, 6) is 3.73. The van der Waals surface area contributed by atoms with Crippen molar-refractivity contribution in [2.75, 3.05) is 0 Å². The molecule has 4 aliphatic carbocycles. The highest BCUT2D eigenvalue weighted by Gasteiger charge is 2.60. The highest BCUT2D eigenvalue weighted by molar-refractivity contribution is 6.71. The van der Waals surface area contributed by atoms with Crippen LogP contribution in [0.3, 0.4) is 0 Å². The standard InChI is InChI=1S/C24H40O2Si/c1-6-15-27(4,5)26-18-11-13-23(2)17(16-18)7-8-19-20-9-10-22(25)24(20,3)14-12-21(19)23/h6,17-21H,1,7-16H2,2-5H3/t17-,18-,19+,20+,21+,23+,24+/m1/s1. The SMILES string of the molecule is C=CC[Si](C)(C)O[C@@H]1CC[C@@]2(C)[C@H](CC[C@@H]3[C@@H]2CC[C@]2(C)C(=O)CC[C@@H]32)C1. The molecule has 0 spiro atoms. The number of Topliss-reactive ketones (excluding diaryl/α,β-unsaturated/α-hetero) is 1. The highest BCUT2D eigenvalue weighted by Crippen LogP contribution is 2.65. The molecular weight excluding hydrogens is 348 g/mol. The van der Waals surface area contributed by atoms with E-state index < -0.39 is 8.32 Å². The largest absolute Gasteiger partial charge is 0.414 e. The van der Waals surface area contributed by atoms with Crippen LogP contribution < -0.4 is 0 Å². The molecule has 152 valence electrons. The zero-order valence-electron chi connectivity index (χ0n) is 18.1. The Morgan fingerprint density at radius 2 is 1.89 bits per heavy atom. The fourth-order valence-corrected chi connectivity index (χ4v) is 9.85. The van der Waals surface area contributed by atoms with Crippen LogP contribution in [0.5, 0.6) is 0 Å². The normalized spacial score (nSPS) is 47.1. The Morgan fingerprint density at radius 3 is 2.63 bits per heavy atom. The summed E-state index contributed by atoms with van der Waals surface area (Å²) in [7, 11) is -1.60. The number of hydrogen-bond donors (Lipinski definition) is 0. The molecule has 0 aliphatic heterocycles. The Kier molecular flexibility index (Phi) is 5.03. The van der Waals surface area contributed by atoms with Crippen molar-refractivity contribution in [2.45, 2.75) is 96.9 Å². The third-order valence-electron chi connectivity index (χ3n) is 9.45. The molecule has 0 N–H and O–H groups in total. The average molecular weight is 389 g/mol. The van der Waals surface area contributed by atoms with Gasteiger partial charge in [-0.2, -0.15) is 0 Å². The van der Waals surface area contributed by atoms with Crippen LogP contribution in [0.4, 0.5) is 0 Å². The molecular formula is C24H40O2Si. The Morgan fingerprint density at radius 1 is 1.11 bits per heavy atom. The predicted molar refractivity (Wildman–Crippen MR) is 114 cm³/mol. The average Bonchev–Trinajstić information content (AvgIpc) is 2.90. The van der Waals surface area contributed by atoms with Gasteiger partial charge in [0.25, 0.3) is 0 Å². The number of hydrogen-bond acceptors (Lipinski definition) is 2. The number of carbonyl (C=O) groups is 1. The lowest BCUT2D eigenvalue weighted by Crippen LogP contribution is -2.54. The van der Waals surface area contributed by atoms with Gasteiger partial charge in [-0.15, -0.1) is 6.58 Å². The fourth-order valence-electron chi connectivity index (χ4n) is 7.94. The molecule has 2 nitrogen and oxygen atoms in total. The molecule has 0 heterocycles. The van der Waals surface area contributed by atoms with Gasteiger partial charge in [0.2, 0.25) is 0 Å². The third kappa shape index (κ3) is 3.21. The van der Waals surface area contributed by atoms with Crippen LogP contribution in [0.25, 0.3) is 0 Å². The Labute approximate surface area is 167 Å². The van der Waals surface area contributed by atoms with Gasteiger partial charge in [0.05, 0.1) is 0 Å². The van der Waals surface area contributed by atoms with E-state index in [1.54, 1.807) is 0 Å². The monoisotopic (exact) mass is 388 g/mol.